The van der Waals surface area contributed by atoms with E-state index in [1.165, 1.54) is 7.11 Å². The fourth-order valence-electron chi connectivity index (χ4n) is 1.70. The Labute approximate surface area is 122 Å². The number of esters is 1. The lowest BCUT2D eigenvalue weighted by atomic mass is 10.2. The van der Waals surface area contributed by atoms with Crippen LogP contribution in [0.5, 0.6) is 0 Å². The highest BCUT2D eigenvalue weighted by Gasteiger charge is 2.13. The second-order valence-corrected chi connectivity index (χ2v) is 5.48. The number of methoxy groups -OCH3 is 1. The first kappa shape index (κ1) is 14.7. The van der Waals surface area contributed by atoms with Gasteiger partial charge in [-0.25, -0.2) is 4.98 Å². The third kappa shape index (κ3) is 3.87. The predicted octanol–water partition coefficient (Wildman–Crippen LogP) is 3.38. The highest BCUT2D eigenvalue weighted by Crippen LogP contribution is 2.21. The van der Waals surface area contributed by atoms with Crippen molar-refractivity contribution in [2.24, 2.45) is 5.92 Å². The molecular formula is C15H17NO3S. The van der Waals surface area contributed by atoms with Gasteiger partial charge in [0.15, 0.2) is 0 Å². The molecule has 0 radical (unpaired) electrons. The number of benzene rings is 1. The number of rotatable bonds is 6. The molecule has 4 nitrogen and oxygen atoms in total. The third-order valence-corrected chi connectivity index (χ3v) is 4.03. The minimum absolute atomic E-state index is 0.106. The summed E-state index contributed by atoms with van der Waals surface area (Å²) in [6, 6.07) is 9.78. The summed E-state index contributed by atoms with van der Waals surface area (Å²) in [5, 5.41) is 0. The van der Waals surface area contributed by atoms with Crippen LogP contribution in [0.25, 0.3) is 11.5 Å². The molecule has 0 aliphatic heterocycles. The van der Waals surface area contributed by atoms with Crippen molar-refractivity contribution in [3.05, 3.63) is 42.3 Å². The van der Waals surface area contributed by atoms with Crippen LogP contribution in [0.3, 0.4) is 0 Å². The Morgan fingerprint density at radius 3 is 2.85 bits per heavy atom. The van der Waals surface area contributed by atoms with Crippen molar-refractivity contribution in [2.75, 3.05) is 12.9 Å². The van der Waals surface area contributed by atoms with E-state index < -0.39 is 0 Å². The van der Waals surface area contributed by atoms with E-state index in [4.69, 9.17) is 9.15 Å². The molecule has 2 aromatic rings. The summed E-state index contributed by atoms with van der Waals surface area (Å²) in [5.41, 5.74) is 1.84. The van der Waals surface area contributed by atoms with Gasteiger partial charge in [0, 0.05) is 17.1 Å². The second kappa shape index (κ2) is 7.14. The Morgan fingerprint density at radius 2 is 2.15 bits per heavy atom. The molecule has 0 amide bonds. The summed E-state index contributed by atoms with van der Waals surface area (Å²) in [4.78, 5) is 15.7. The number of hydrogen-bond acceptors (Lipinski definition) is 5. The first-order valence-corrected chi connectivity index (χ1v) is 7.51. The summed E-state index contributed by atoms with van der Waals surface area (Å²) >= 11 is 1.64. The summed E-state index contributed by atoms with van der Waals surface area (Å²) in [6.45, 7) is 1.86. The highest BCUT2D eigenvalue weighted by atomic mass is 32.2. The minimum Gasteiger partial charge on any atom is -0.469 e. The van der Waals surface area contributed by atoms with Gasteiger partial charge in [-0.2, -0.15) is 11.8 Å². The van der Waals surface area contributed by atoms with Crippen molar-refractivity contribution in [1.29, 1.82) is 0 Å². The molecule has 0 bridgehead atoms. The SMILES string of the molecule is COC(=O)C(C)CSCc1coc(-c2ccccc2)n1. The van der Waals surface area contributed by atoms with Gasteiger partial charge in [0.2, 0.25) is 5.89 Å². The van der Waals surface area contributed by atoms with E-state index in [-0.39, 0.29) is 11.9 Å². The molecule has 0 saturated carbocycles. The molecule has 1 aromatic heterocycles. The molecule has 0 fully saturated rings. The second-order valence-electron chi connectivity index (χ2n) is 4.45. The van der Waals surface area contributed by atoms with E-state index in [1.54, 1.807) is 18.0 Å². The van der Waals surface area contributed by atoms with E-state index >= 15 is 0 Å². The maximum Gasteiger partial charge on any atom is 0.309 e. The van der Waals surface area contributed by atoms with Gasteiger partial charge in [-0.15, -0.1) is 0 Å². The minimum atomic E-state index is -0.178. The van der Waals surface area contributed by atoms with Crippen molar-refractivity contribution in [2.45, 2.75) is 12.7 Å². The van der Waals surface area contributed by atoms with Gasteiger partial charge < -0.3 is 9.15 Å². The van der Waals surface area contributed by atoms with Crippen LogP contribution in [0.15, 0.2) is 41.0 Å². The molecule has 0 N–H and O–H groups in total. The topological polar surface area (TPSA) is 52.3 Å². The van der Waals surface area contributed by atoms with Crippen LogP contribution in [0.4, 0.5) is 0 Å². The number of ether oxygens (including phenoxy) is 1. The zero-order chi connectivity index (χ0) is 14.4. The standard InChI is InChI=1S/C15H17NO3S/c1-11(15(17)18-2)9-20-10-13-8-19-14(16-13)12-6-4-3-5-7-12/h3-8,11H,9-10H2,1-2H3. The lowest BCUT2D eigenvalue weighted by Gasteiger charge is -2.07. The molecule has 1 atom stereocenters. The number of carbonyl (C=O) groups excluding carboxylic acids is 1. The molecule has 1 unspecified atom stereocenters. The van der Waals surface area contributed by atoms with Crippen LogP contribution in [-0.4, -0.2) is 23.8 Å². The average Bonchev–Trinajstić information content (AvgIpc) is 2.96. The fraction of sp³-hybridized carbons (Fsp3) is 0.333. The number of nitrogens with zero attached hydrogens (tertiary/aromatic N) is 1. The molecule has 1 aromatic carbocycles. The van der Waals surface area contributed by atoms with Crippen molar-refractivity contribution in [3.63, 3.8) is 0 Å². The number of thioether (sulfide) groups is 1. The first-order valence-electron chi connectivity index (χ1n) is 6.36. The molecular weight excluding hydrogens is 274 g/mol. The van der Waals surface area contributed by atoms with Crippen molar-refractivity contribution >= 4 is 17.7 Å². The van der Waals surface area contributed by atoms with Gasteiger partial charge in [0.1, 0.15) is 6.26 Å². The van der Waals surface area contributed by atoms with E-state index in [0.29, 0.717) is 11.6 Å². The number of carbonyl (C=O) groups is 1. The number of hydrogen-bond donors (Lipinski definition) is 0. The van der Waals surface area contributed by atoms with Crippen LogP contribution in [0.1, 0.15) is 12.6 Å². The van der Waals surface area contributed by atoms with Gasteiger partial charge in [-0.3, -0.25) is 4.79 Å². The maximum atomic E-state index is 11.3. The first-order chi connectivity index (χ1) is 9.70. The average molecular weight is 291 g/mol. The molecule has 0 aliphatic carbocycles. The Morgan fingerprint density at radius 1 is 1.40 bits per heavy atom. The molecule has 20 heavy (non-hydrogen) atoms. The van der Waals surface area contributed by atoms with Crippen molar-refractivity contribution < 1.29 is 13.9 Å². The molecule has 5 heteroatoms. The number of oxazole rings is 1. The van der Waals surface area contributed by atoms with E-state index in [9.17, 15) is 4.79 Å². The Balaban J connectivity index is 1.86. The quantitative estimate of drug-likeness (QED) is 0.764. The van der Waals surface area contributed by atoms with Crippen molar-refractivity contribution in [3.8, 4) is 11.5 Å². The van der Waals surface area contributed by atoms with Gasteiger partial charge in [-0.05, 0) is 12.1 Å². The normalized spacial score (nSPS) is 12.1. The van der Waals surface area contributed by atoms with Crippen LogP contribution in [0.2, 0.25) is 0 Å². The van der Waals surface area contributed by atoms with Crippen LogP contribution >= 0.6 is 11.8 Å². The third-order valence-electron chi connectivity index (χ3n) is 2.79. The smallest absolute Gasteiger partial charge is 0.309 e. The Bertz CT molecular complexity index is 553. The van der Waals surface area contributed by atoms with Gasteiger partial charge in [0.25, 0.3) is 0 Å². The Hall–Kier alpha value is -1.75. The summed E-state index contributed by atoms with van der Waals surface area (Å²) in [7, 11) is 1.41. The zero-order valence-electron chi connectivity index (χ0n) is 11.5. The zero-order valence-corrected chi connectivity index (χ0v) is 12.4. The molecule has 0 saturated heterocycles. The molecule has 106 valence electrons. The van der Waals surface area contributed by atoms with Gasteiger partial charge in [-0.1, -0.05) is 25.1 Å². The number of aromatic nitrogens is 1. The predicted molar refractivity (Wildman–Crippen MR) is 79.3 cm³/mol. The van der Waals surface area contributed by atoms with Crippen LogP contribution < -0.4 is 0 Å². The lowest BCUT2D eigenvalue weighted by Crippen LogP contribution is -2.14. The largest absolute Gasteiger partial charge is 0.469 e. The molecule has 0 spiro atoms. The molecule has 0 aliphatic rings. The van der Waals surface area contributed by atoms with Gasteiger partial charge >= 0.3 is 5.97 Å². The van der Waals surface area contributed by atoms with Gasteiger partial charge in [0.05, 0.1) is 18.7 Å². The van der Waals surface area contributed by atoms with E-state index in [1.807, 2.05) is 37.3 Å². The van der Waals surface area contributed by atoms with Crippen LogP contribution in [0, 0.1) is 5.92 Å². The monoisotopic (exact) mass is 291 g/mol. The van der Waals surface area contributed by atoms with Crippen molar-refractivity contribution in [1.82, 2.24) is 4.98 Å². The lowest BCUT2D eigenvalue weighted by molar-refractivity contribution is -0.143. The fourth-order valence-corrected chi connectivity index (χ4v) is 2.65. The Kier molecular flexibility index (Phi) is 5.24. The maximum absolute atomic E-state index is 11.3. The van der Waals surface area contributed by atoms with E-state index in [2.05, 4.69) is 4.98 Å². The van der Waals surface area contributed by atoms with E-state index in [0.717, 1.165) is 17.0 Å². The molecule has 1 heterocycles. The molecule has 2 rings (SSSR count). The summed E-state index contributed by atoms with van der Waals surface area (Å²) in [5.74, 6) is 1.77. The van der Waals surface area contributed by atoms with Crippen LogP contribution in [-0.2, 0) is 15.3 Å². The highest BCUT2D eigenvalue weighted by molar-refractivity contribution is 7.98. The summed E-state index contributed by atoms with van der Waals surface area (Å²) < 4.78 is 10.2. The summed E-state index contributed by atoms with van der Waals surface area (Å²) in [6.07, 6.45) is 1.66.